The molecule has 4 nitrogen and oxygen atoms in total. The van der Waals surface area contributed by atoms with Crippen LogP contribution in [-0.4, -0.2) is 50.1 Å². The van der Waals surface area contributed by atoms with Gasteiger partial charge in [-0.25, -0.2) is 0 Å². The third kappa shape index (κ3) is 4.90. The predicted octanol–water partition coefficient (Wildman–Crippen LogP) is 2.16. The Morgan fingerprint density at radius 3 is 2.80 bits per heavy atom. The highest BCUT2D eigenvalue weighted by atomic mass is 79.9. The van der Waals surface area contributed by atoms with Crippen LogP contribution in [0.5, 0.6) is 0 Å². The van der Waals surface area contributed by atoms with Gasteiger partial charge < -0.3 is 10.6 Å². The number of benzene rings is 1. The lowest BCUT2D eigenvalue weighted by Crippen LogP contribution is -2.46. The average Bonchev–Trinajstić information content (AvgIpc) is 2.43. The van der Waals surface area contributed by atoms with E-state index in [0.717, 1.165) is 37.2 Å². The summed E-state index contributed by atoms with van der Waals surface area (Å²) < 4.78 is 0.740. The van der Waals surface area contributed by atoms with E-state index in [9.17, 15) is 4.79 Å². The lowest BCUT2D eigenvalue weighted by atomic mass is 10.2. The van der Waals surface area contributed by atoms with Crippen molar-refractivity contribution in [2.75, 3.05) is 39.3 Å². The van der Waals surface area contributed by atoms with Gasteiger partial charge in [-0.05, 0) is 28.1 Å². The molecule has 0 saturated carbocycles. The predicted molar refractivity (Wildman–Crippen MR) is 88.0 cm³/mol. The highest BCUT2D eigenvalue weighted by molar-refractivity contribution is 9.10. The summed E-state index contributed by atoms with van der Waals surface area (Å²) in [4.78, 5) is 14.3. The molecule has 1 saturated heterocycles. The standard InChI is InChI=1S/C13H17BrClN3O.ClH/c14-11-3-1-2-10(12(11)15)13(19)17-6-9-18-7-4-16-5-8-18;/h1-3,16H,4-9H2,(H,17,19);1H. The number of nitrogens with one attached hydrogen (secondary N) is 2. The van der Waals surface area contributed by atoms with Crippen molar-refractivity contribution in [2.45, 2.75) is 0 Å². The van der Waals surface area contributed by atoms with E-state index in [-0.39, 0.29) is 18.3 Å². The van der Waals surface area contributed by atoms with Crippen molar-refractivity contribution in [1.82, 2.24) is 15.5 Å². The normalized spacial score (nSPS) is 15.5. The van der Waals surface area contributed by atoms with E-state index < -0.39 is 0 Å². The minimum Gasteiger partial charge on any atom is -0.351 e. The molecule has 0 aliphatic carbocycles. The van der Waals surface area contributed by atoms with Gasteiger partial charge in [-0.2, -0.15) is 0 Å². The molecule has 1 aromatic rings. The second-order valence-electron chi connectivity index (χ2n) is 4.45. The van der Waals surface area contributed by atoms with Crippen molar-refractivity contribution in [2.24, 2.45) is 0 Å². The molecule has 2 rings (SSSR count). The summed E-state index contributed by atoms with van der Waals surface area (Å²) >= 11 is 9.41. The fraction of sp³-hybridized carbons (Fsp3) is 0.462. The topological polar surface area (TPSA) is 44.4 Å². The molecule has 112 valence electrons. The van der Waals surface area contributed by atoms with E-state index >= 15 is 0 Å². The van der Waals surface area contributed by atoms with Crippen LogP contribution < -0.4 is 10.6 Å². The molecule has 1 aliphatic rings. The Balaban J connectivity index is 0.00000200. The van der Waals surface area contributed by atoms with Gasteiger partial charge >= 0.3 is 0 Å². The van der Waals surface area contributed by atoms with Gasteiger partial charge in [0.1, 0.15) is 0 Å². The number of hydrogen-bond acceptors (Lipinski definition) is 3. The van der Waals surface area contributed by atoms with Crippen LogP contribution in [0.25, 0.3) is 0 Å². The van der Waals surface area contributed by atoms with Crippen molar-refractivity contribution in [3.05, 3.63) is 33.3 Å². The van der Waals surface area contributed by atoms with Gasteiger partial charge in [0.2, 0.25) is 0 Å². The molecule has 1 fully saturated rings. The fourth-order valence-corrected chi connectivity index (χ4v) is 2.61. The molecule has 20 heavy (non-hydrogen) atoms. The van der Waals surface area contributed by atoms with Crippen LogP contribution in [0, 0.1) is 0 Å². The van der Waals surface area contributed by atoms with Gasteiger partial charge in [0.25, 0.3) is 5.91 Å². The SMILES string of the molecule is Cl.O=C(NCCN1CCNCC1)c1cccc(Br)c1Cl. The first kappa shape index (κ1) is 17.7. The molecular formula is C13H18BrCl2N3O. The van der Waals surface area contributed by atoms with Gasteiger partial charge in [0, 0.05) is 43.7 Å². The number of hydrogen-bond donors (Lipinski definition) is 2. The summed E-state index contributed by atoms with van der Waals surface area (Å²) in [5.41, 5.74) is 0.511. The molecule has 0 bridgehead atoms. The van der Waals surface area contributed by atoms with Crippen LogP contribution >= 0.6 is 39.9 Å². The number of nitrogens with zero attached hydrogens (tertiary/aromatic N) is 1. The first-order valence-corrected chi connectivity index (χ1v) is 7.51. The summed E-state index contributed by atoms with van der Waals surface area (Å²) in [6.07, 6.45) is 0. The van der Waals surface area contributed by atoms with Crippen molar-refractivity contribution < 1.29 is 4.79 Å². The smallest absolute Gasteiger partial charge is 0.252 e. The minimum absolute atomic E-state index is 0. The largest absolute Gasteiger partial charge is 0.351 e. The molecule has 1 aliphatic heterocycles. The zero-order valence-corrected chi connectivity index (χ0v) is 14.2. The van der Waals surface area contributed by atoms with Crippen LogP contribution in [0.3, 0.4) is 0 Å². The van der Waals surface area contributed by atoms with Crippen LogP contribution in [0.4, 0.5) is 0 Å². The third-order valence-corrected chi connectivity index (χ3v) is 4.42. The summed E-state index contributed by atoms with van der Waals surface area (Å²) in [5.74, 6) is -0.124. The van der Waals surface area contributed by atoms with E-state index in [1.807, 2.05) is 6.07 Å². The van der Waals surface area contributed by atoms with E-state index in [1.54, 1.807) is 12.1 Å². The van der Waals surface area contributed by atoms with Crippen molar-refractivity contribution in [3.8, 4) is 0 Å². The van der Waals surface area contributed by atoms with Gasteiger partial charge in [-0.3, -0.25) is 9.69 Å². The zero-order valence-electron chi connectivity index (χ0n) is 11.0. The Hall–Kier alpha value is -0.330. The molecule has 1 amide bonds. The van der Waals surface area contributed by atoms with Gasteiger partial charge in [0.15, 0.2) is 0 Å². The zero-order chi connectivity index (χ0) is 13.7. The van der Waals surface area contributed by atoms with E-state index in [4.69, 9.17) is 11.6 Å². The minimum atomic E-state index is -0.124. The first-order chi connectivity index (χ1) is 9.18. The highest BCUT2D eigenvalue weighted by Gasteiger charge is 2.13. The van der Waals surface area contributed by atoms with Gasteiger partial charge in [-0.1, -0.05) is 17.7 Å². The number of halogens is 3. The maximum Gasteiger partial charge on any atom is 0.252 e. The van der Waals surface area contributed by atoms with Gasteiger partial charge in [0.05, 0.1) is 10.6 Å². The van der Waals surface area contributed by atoms with Crippen molar-refractivity contribution >= 4 is 45.8 Å². The number of carbonyl (C=O) groups is 1. The average molecular weight is 383 g/mol. The maximum absolute atomic E-state index is 12.0. The summed E-state index contributed by atoms with van der Waals surface area (Å²) in [7, 11) is 0. The third-order valence-electron chi connectivity index (χ3n) is 3.12. The van der Waals surface area contributed by atoms with E-state index in [2.05, 4.69) is 31.5 Å². The Labute approximate surface area is 138 Å². The van der Waals surface area contributed by atoms with Crippen LogP contribution in [0.1, 0.15) is 10.4 Å². The molecule has 0 aromatic heterocycles. The van der Waals surface area contributed by atoms with Crippen LogP contribution in [-0.2, 0) is 0 Å². The van der Waals surface area contributed by atoms with Crippen LogP contribution in [0.15, 0.2) is 22.7 Å². The molecule has 0 spiro atoms. The maximum atomic E-state index is 12.0. The molecule has 0 atom stereocenters. The molecule has 2 N–H and O–H groups in total. The highest BCUT2D eigenvalue weighted by Crippen LogP contribution is 2.25. The summed E-state index contributed by atoms with van der Waals surface area (Å²) in [6.45, 7) is 5.62. The monoisotopic (exact) mass is 381 g/mol. The lowest BCUT2D eigenvalue weighted by molar-refractivity contribution is 0.0947. The quantitative estimate of drug-likeness (QED) is 0.838. The molecule has 1 aromatic carbocycles. The fourth-order valence-electron chi connectivity index (χ4n) is 2.04. The van der Waals surface area contributed by atoms with Crippen molar-refractivity contribution in [1.29, 1.82) is 0 Å². The molecule has 1 heterocycles. The number of piperazine rings is 1. The number of amides is 1. The number of rotatable bonds is 4. The molecule has 0 radical (unpaired) electrons. The lowest BCUT2D eigenvalue weighted by Gasteiger charge is -2.27. The molecule has 0 unspecified atom stereocenters. The molecular weight excluding hydrogens is 365 g/mol. The van der Waals surface area contributed by atoms with E-state index in [0.29, 0.717) is 17.1 Å². The first-order valence-electron chi connectivity index (χ1n) is 6.34. The Morgan fingerprint density at radius 1 is 1.40 bits per heavy atom. The number of carbonyl (C=O) groups excluding carboxylic acids is 1. The second-order valence-corrected chi connectivity index (χ2v) is 5.68. The summed E-state index contributed by atoms with van der Waals surface area (Å²) in [5, 5.41) is 6.67. The van der Waals surface area contributed by atoms with Crippen LogP contribution in [0.2, 0.25) is 5.02 Å². The van der Waals surface area contributed by atoms with Crippen molar-refractivity contribution in [3.63, 3.8) is 0 Å². The Bertz CT molecular complexity index is 453. The Kier molecular flexibility index (Phi) is 7.84. The molecule has 7 heteroatoms. The van der Waals surface area contributed by atoms with E-state index in [1.165, 1.54) is 0 Å². The second kappa shape index (κ2) is 8.85. The van der Waals surface area contributed by atoms with Gasteiger partial charge in [-0.15, -0.1) is 12.4 Å². The Morgan fingerprint density at radius 2 is 2.10 bits per heavy atom. The summed E-state index contributed by atoms with van der Waals surface area (Å²) in [6, 6.07) is 5.36.